The van der Waals surface area contributed by atoms with E-state index in [2.05, 4.69) is 16.9 Å². The highest BCUT2D eigenvalue weighted by Gasteiger charge is 2.14. The molecule has 0 aliphatic heterocycles. The summed E-state index contributed by atoms with van der Waals surface area (Å²) in [6.07, 6.45) is 0. The number of aromatic nitrogens is 3. The van der Waals surface area contributed by atoms with Crippen LogP contribution in [0.15, 0.2) is 36.4 Å². The van der Waals surface area contributed by atoms with Crippen LogP contribution in [0.25, 0.3) is 11.3 Å². The molecular weight excluding hydrogens is 233 g/mol. The van der Waals surface area contributed by atoms with Crippen LogP contribution >= 0.6 is 0 Å². The van der Waals surface area contributed by atoms with Gasteiger partial charge < -0.3 is 5.11 Å². The Balaban J connectivity index is 2.49. The quantitative estimate of drug-likeness (QED) is 0.842. The Hall–Kier alpha value is -2.01. The van der Waals surface area contributed by atoms with Crippen LogP contribution in [0.5, 0.6) is 0 Å². The summed E-state index contributed by atoms with van der Waals surface area (Å²) in [5, 5.41) is 17.2. The largest absolute Gasteiger partial charge is 0.390 e. The summed E-state index contributed by atoms with van der Waals surface area (Å²) in [5.41, 5.74) is 2.86. The molecule has 0 fully saturated rings. The predicted molar refractivity (Wildman–Crippen MR) is 66.2 cm³/mol. The lowest BCUT2D eigenvalue weighted by Gasteiger charge is -2.07. The molecule has 0 aliphatic carbocycles. The van der Waals surface area contributed by atoms with Crippen molar-refractivity contribution < 1.29 is 9.50 Å². The van der Waals surface area contributed by atoms with E-state index in [1.807, 2.05) is 6.92 Å². The first-order valence-electron chi connectivity index (χ1n) is 5.55. The van der Waals surface area contributed by atoms with Crippen molar-refractivity contribution in [3.8, 4) is 11.3 Å². The van der Waals surface area contributed by atoms with Crippen molar-refractivity contribution in [2.75, 3.05) is 0 Å². The summed E-state index contributed by atoms with van der Waals surface area (Å²) in [7, 11) is 0. The first-order valence-corrected chi connectivity index (χ1v) is 5.55. The summed E-state index contributed by atoms with van der Waals surface area (Å²) in [4.78, 5) is 0. The van der Waals surface area contributed by atoms with E-state index >= 15 is 0 Å². The van der Waals surface area contributed by atoms with Crippen LogP contribution in [0.4, 0.5) is 4.39 Å². The minimum absolute atomic E-state index is 0.205. The topological polar surface area (TPSA) is 50.9 Å². The Labute approximate surface area is 104 Å². The Bertz CT molecular complexity index is 560. The average molecular weight is 247 g/mol. The summed E-state index contributed by atoms with van der Waals surface area (Å²) < 4.78 is 14.6. The predicted octanol–water partition coefficient (Wildman–Crippen LogP) is 2.15. The fourth-order valence-electron chi connectivity index (χ4n) is 1.75. The van der Waals surface area contributed by atoms with Crippen molar-refractivity contribution in [2.45, 2.75) is 20.1 Å². The molecule has 0 saturated heterocycles. The fraction of sp³-hybridized carbons (Fsp3) is 0.231. The molecule has 2 aromatic rings. The Kier molecular flexibility index (Phi) is 3.53. The molecule has 1 heterocycles. The molecule has 0 unspecified atom stereocenters. The standard InChI is InChI=1S/C13H14FN3O/c1-9(2)7-17-13(12(8-18)15-16-17)10-3-5-11(14)6-4-10/h3-6,18H,1,7-8H2,2H3. The van der Waals surface area contributed by atoms with Crippen LogP contribution in [-0.4, -0.2) is 20.1 Å². The van der Waals surface area contributed by atoms with Gasteiger partial charge >= 0.3 is 0 Å². The van der Waals surface area contributed by atoms with E-state index in [1.165, 1.54) is 12.1 Å². The van der Waals surface area contributed by atoms with Crippen molar-refractivity contribution >= 4 is 0 Å². The van der Waals surface area contributed by atoms with Crippen LogP contribution in [-0.2, 0) is 13.2 Å². The zero-order valence-corrected chi connectivity index (χ0v) is 10.1. The van der Waals surface area contributed by atoms with Crippen molar-refractivity contribution in [3.63, 3.8) is 0 Å². The van der Waals surface area contributed by atoms with E-state index in [1.54, 1.807) is 16.8 Å². The zero-order valence-electron chi connectivity index (χ0n) is 10.1. The van der Waals surface area contributed by atoms with Crippen LogP contribution in [0.2, 0.25) is 0 Å². The molecule has 0 saturated carbocycles. The van der Waals surface area contributed by atoms with Gasteiger partial charge in [0.25, 0.3) is 0 Å². The van der Waals surface area contributed by atoms with Crippen LogP contribution in [0.1, 0.15) is 12.6 Å². The monoisotopic (exact) mass is 247 g/mol. The highest BCUT2D eigenvalue weighted by atomic mass is 19.1. The number of hydrogen-bond donors (Lipinski definition) is 1. The normalized spacial score (nSPS) is 10.6. The van der Waals surface area contributed by atoms with Crippen molar-refractivity contribution in [3.05, 3.63) is 47.9 Å². The highest BCUT2D eigenvalue weighted by molar-refractivity contribution is 5.61. The molecular formula is C13H14FN3O. The third-order valence-electron chi connectivity index (χ3n) is 2.49. The molecule has 5 heteroatoms. The van der Waals surface area contributed by atoms with Gasteiger partial charge in [0.05, 0.1) is 18.8 Å². The van der Waals surface area contributed by atoms with Crippen LogP contribution < -0.4 is 0 Å². The number of benzene rings is 1. The Morgan fingerprint density at radius 3 is 2.61 bits per heavy atom. The molecule has 1 N–H and O–H groups in total. The van der Waals surface area contributed by atoms with E-state index in [-0.39, 0.29) is 12.4 Å². The molecule has 0 spiro atoms. The summed E-state index contributed by atoms with van der Waals surface area (Å²) in [5.74, 6) is -0.303. The lowest BCUT2D eigenvalue weighted by molar-refractivity contribution is 0.277. The second-order valence-corrected chi connectivity index (χ2v) is 4.16. The van der Waals surface area contributed by atoms with E-state index in [9.17, 15) is 9.50 Å². The molecule has 18 heavy (non-hydrogen) atoms. The summed E-state index contributed by atoms with van der Waals surface area (Å²) in [6, 6.07) is 6.02. The number of aliphatic hydroxyl groups is 1. The zero-order chi connectivity index (χ0) is 13.1. The Morgan fingerprint density at radius 2 is 2.06 bits per heavy atom. The summed E-state index contributed by atoms with van der Waals surface area (Å²) in [6.45, 7) is 6.02. The second kappa shape index (κ2) is 5.10. The molecule has 0 bridgehead atoms. The first-order chi connectivity index (χ1) is 8.61. The van der Waals surface area contributed by atoms with Gasteiger partial charge in [0.1, 0.15) is 11.5 Å². The van der Waals surface area contributed by atoms with E-state index in [0.29, 0.717) is 17.9 Å². The fourth-order valence-corrected chi connectivity index (χ4v) is 1.75. The molecule has 0 radical (unpaired) electrons. The van der Waals surface area contributed by atoms with Gasteiger partial charge in [-0.2, -0.15) is 0 Å². The molecule has 0 amide bonds. The van der Waals surface area contributed by atoms with Gasteiger partial charge in [-0.05, 0) is 31.2 Å². The third-order valence-corrected chi connectivity index (χ3v) is 2.49. The molecule has 0 atom stereocenters. The molecule has 1 aromatic carbocycles. The minimum Gasteiger partial charge on any atom is -0.390 e. The van der Waals surface area contributed by atoms with E-state index < -0.39 is 0 Å². The number of aliphatic hydroxyl groups excluding tert-OH is 1. The van der Waals surface area contributed by atoms with Crippen LogP contribution in [0, 0.1) is 5.82 Å². The number of rotatable bonds is 4. The van der Waals surface area contributed by atoms with Gasteiger partial charge in [0.15, 0.2) is 0 Å². The number of allylic oxidation sites excluding steroid dienone is 1. The van der Waals surface area contributed by atoms with Gasteiger partial charge in [0.2, 0.25) is 0 Å². The number of halogens is 1. The van der Waals surface area contributed by atoms with Crippen molar-refractivity contribution in [2.24, 2.45) is 0 Å². The maximum atomic E-state index is 12.9. The molecule has 94 valence electrons. The van der Waals surface area contributed by atoms with Gasteiger partial charge in [-0.15, -0.1) is 5.10 Å². The van der Waals surface area contributed by atoms with Gasteiger partial charge in [-0.1, -0.05) is 17.4 Å². The third kappa shape index (κ3) is 2.46. The van der Waals surface area contributed by atoms with Crippen molar-refractivity contribution in [1.82, 2.24) is 15.0 Å². The molecule has 0 aliphatic rings. The number of nitrogens with zero attached hydrogens (tertiary/aromatic N) is 3. The van der Waals surface area contributed by atoms with Gasteiger partial charge in [-0.25, -0.2) is 9.07 Å². The minimum atomic E-state index is -0.303. The lowest BCUT2D eigenvalue weighted by Crippen LogP contribution is -2.04. The molecule has 4 nitrogen and oxygen atoms in total. The maximum absolute atomic E-state index is 12.9. The SMILES string of the molecule is C=C(C)Cn1nnc(CO)c1-c1ccc(F)cc1. The maximum Gasteiger partial charge on any atom is 0.123 e. The van der Waals surface area contributed by atoms with Crippen molar-refractivity contribution in [1.29, 1.82) is 0 Å². The van der Waals surface area contributed by atoms with Crippen LogP contribution in [0.3, 0.4) is 0 Å². The first kappa shape index (κ1) is 12.4. The second-order valence-electron chi connectivity index (χ2n) is 4.16. The lowest BCUT2D eigenvalue weighted by atomic mass is 10.1. The average Bonchev–Trinajstić information content (AvgIpc) is 2.72. The Morgan fingerprint density at radius 1 is 1.39 bits per heavy atom. The molecule has 1 aromatic heterocycles. The highest BCUT2D eigenvalue weighted by Crippen LogP contribution is 2.23. The van der Waals surface area contributed by atoms with Gasteiger partial charge in [0, 0.05) is 5.56 Å². The number of hydrogen-bond acceptors (Lipinski definition) is 3. The van der Waals surface area contributed by atoms with E-state index in [4.69, 9.17) is 0 Å². The molecule has 2 rings (SSSR count). The smallest absolute Gasteiger partial charge is 0.123 e. The van der Waals surface area contributed by atoms with Gasteiger partial charge in [-0.3, -0.25) is 0 Å². The summed E-state index contributed by atoms with van der Waals surface area (Å²) >= 11 is 0. The van der Waals surface area contributed by atoms with E-state index in [0.717, 1.165) is 11.1 Å².